The average Bonchev–Trinajstić information content (AvgIpc) is 3.57. The van der Waals surface area contributed by atoms with Gasteiger partial charge in [0.05, 0.1) is 18.5 Å². The van der Waals surface area contributed by atoms with Crippen LogP contribution < -0.4 is 27.4 Å². The molecule has 0 amide bonds. The van der Waals surface area contributed by atoms with Crippen molar-refractivity contribution in [2.45, 2.75) is 89.4 Å². The summed E-state index contributed by atoms with van der Waals surface area (Å²) in [5.74, 6) is -0.715. The van der Waals surface area contributed by atoms with Gasteiger partial charge in [-0.1, -0.05) is 81.5 Å². The average molecular weight is 661 g/mol. The SMILES string of the molecule is CCCC[C@H](CNCC)COC(=O)[C@]12O[C@@]1(C/C=C(\C)C1([C@@H](NC(N)=NC)C3=CCNC(N)=C3)CCCC1)C(=O)c1ccccc1C2=O. The minimum atomic E-state index is -2.02. The van der Waals surface area contributed by atoms with Crippen molar-refractivity contribution in [2.75, 3.05) is 33.3 Å². The summed E-state index contributed by atoms with van der Waals surface area (Å²) in [7, 11) is 1.64. The molecular weight excluding hydrogens is 608 g/mol. The van der Waals surface area contributed by atoms with Gasteiger partial charge in [0, 0.05) is 49.0 Å². The second kappa shape index (κ2) is 14.7. The molecular formula is C37H52N6O5. The molecule has 260 valence electrons. The fourth-order valence-electron chi connectivity index (χ4n) is 7.86. The lowest BCUT2D eigenvalue weighted by molar-refractivity contribution is -0.149. The van der Waals surface area contributed by atoms with E-state index in [0.29, 0.717) is 24.9 Å². The van der Waals surface area contributed by atoms with Gasteiger partial charge < -0.3 is 36.9 Å². The van der Waals surface area contributed by atoms with Crippen molar-refractivity contribution in [3.8, 4) is 0 Å². The number of unbranched alkanes of at least 4 members (excludes halogenated alkanes) is 1. The van der Waals surface area contributed by atoms with Gasteiger partial charge in [0.15, 0.2) is 17.3 Å². The molecule has 0 aromatic heterocycles. The number of ether oxygens (including phenoxy) is 2. The van der Waals surface area contributed by atoms with E-state index >= 15 is 0 Å². The number of hydrogen-bond acceptors (Lipinski definition) is 9. The van der Waals surface area contributed by atoms with Crippen LogP contribution in [-0.4, -0.2) is 74.0 Å². The molecule has 0 spiro atoms. The Morgan fingerprint density at radius 3 is 2.52 bits per heavy atom. The van der Waals surface area contributed by atoms with Crippen LogP contribution in [0.5, 0.6) is 0 Å². The minimum Gasteiger partial charge on any atom is -0.463 e. The van der Waals surface area contributed by atoms with Gasteiger partial charge in [0.2, 0.25) is 5.78 Å². The van der Waals surface area contributed by atoms with Gasteiger partial charge in [0.25, 0.3) is 5.60 Å². The lowest BCUT2D eigenvalue weighted by Gasteiger charge is -2.41. The monoisotopic (exact) mass is 660 g/mol. The molecule has 2 fully saturated rings. The summed E-state index contributed by atoms with van der Waals surface area (Å²) < 4.78 is 12.1. The van der Waals surface area contributed by atoms with Crippen LogP contribution in [0, 0.1) is 11.3 Å². The summed E-state index contributed by atoms with van der Waals surface area (Å²) in [6.45, 7) is 8.43. The molecule has 2 aliphatic carbocycles. The number of carbonyl (C=O) groups is 3. The fourth-order valence-corrected chi connectivity index (χ4v) is 7.86. The van der Waals surface area contributed by atoms with Crippen molar-refractivity contribution < 1.29 is 23.9 Å². The maximum absolute atomic E-state index is 14.3. The summed E-state index contributed by atoms with van der Waals surface area (Å²) in [6.07, 6.45) is 12.7. The fraction of sp³-hybridized carbons (Fsp3) is 0.568. The van der Waals surface area contributed by atoms with Gasteiger partial charge in [-0.15, -0.1) is 0 Å². The molecule has 11 heteroatoms. The number of aliphatic imine (C=N–C) groups is 1. The van der Waals surface area contributed by atoms with E-state index in [1.165, 1.54) is 0 Å². The maximum atomic E-state index is 14.3. The highest BCUT2D eigenvalue weighted by Crippen LogP contribution is 2.59. The summed E-state index contributed by atoms with van der Waals surface area (Å²) in [4.78, 5) is 46.6. The van der Waals surface area contributed by atoms with Crippen LogP contribution in [0.4, 0.5) is 0 Å². The molecule has 4 atom stereocenters. The molecule has 2 aliphatic heterocycles. The van der Waals surface area contributed by atoms with Crippen LogP contribution >= 0.6 is 0 Å². The van der Waals surface area contributed by atoms with Gasteiger partial charge in [-0.25, -0.2) is 4.79 Å². The van der Waals surface area contributed by atoms with Crippen molar-refractivity contribution >= 4 is 23.5 Å². The molecule has 7 N–H and O–H groups in total. The van der Waals surface area contributed by atoms with Crippen molar-refractivity contribution in [1.82, 2.24) is 16.0 Å². The highest BCUT2D eigenvalue weighted by atomic mass is 16.7. The van der Waals surface area contributed by atoms with E-state index in [1.54, 1.807) is 31.3 Å². The van der Waals surface area contributed by atoms with Crippen molar-refractivity contribution in [3.63, 3.8) is 0 Å². The number of Topliss-reactive ketones (excluding diaryl/α,β-unsaturated/α-hetero) is 2. The van der Waals surface area contributed by atoms with E-state index in [4.69, 9.17) is 20.9 Å². The normalized spacial score (nSPS) is 26.0. The Morgan fingerprint density at radius 2 is 1.88 bits per heavy atom. The number of rotatable bonds is 15. The molecule has 11 nitrogen and oxygen atoms in total. The first kappa shape index (κ1) is 35.3. The highest BCUT2D eigenvalue weighted by molar-refractivity contribution is 6.32. The number of fused-ring (bicyclic) bond motifs is 2. The molecule has 0 unspecified atom stereocenters. The first-order chi connectivity index (χ1) is 23.1. The Labute approximate surface area is 284 Å². The van der Waals surface area contributed by atoms with Crippen LogP contribution in [-0.2, 0) is 14.3 Å². The van der Waals surface area contributed by atoms with Crippen LogP contribution in [0.2, 0.25) is 0 Å². The Bertz CT molecular complexity index is 1520. The van der Waals surface area contributed by atoms with Gasteiger partial charge in [-0.2, -0.15) is 0 Å². The third kappa shape index (κ3) is 6.30. The predicted octanol–water partition coefficient (Wildman–Crippen LogP) is 3.66. The number of carbonyl (C=O) groups excluding carboxylic acids is 3. The van der Waals surface area contributed by atoms with E-state index < -0.39 is 23.0 Å². The van der Waals surface area contributed by atoms with Crippen molar-refractivity contribution in [1.29, 1.82) is 0 Å². The Kier molecular flexibility index (Phi) is 10.8. The van der Waals surface area contributed by atoms with E-state index in [9.17, 15) is 14.4 Å². The zero-order chi connectivity index (χ0) is 34.5. The standard InChI is InChI=1S/C37H52N6O5/c1-5-7-12-25(22-41-6-2)23-47-33(46)37-32(45)28-14-9-8-13-27(28)31(44)36(37,48-37)19-15-24(3)35(17-10-11-18-35)30(43-34(39)40-4)26-16-20-42-29(38)21-26/h8-9,13-16,21,25,30,41-42H,5-7,10-12,17-20,22-23,38H2,1-4H3,(H3,39,40,43)/b24-15+/t25-,30+,36+,37+/m1/s1. The lowest BCUT2D eigenvalue weighted by atomic mass is 9.68. The second-order valence-electron chi connectivity index (χ2n) is 13.6. The molecule has 1 aromatic carbocycles. The van der Waals surface area contributed by atoms with E-state index in [0.717, 1.165) is 62.6 Å². The third-order valence-electron chi connectivity index (χ3n) is 10.7. The topological polar surface area (TPSA) is 173 Å². The van der Waals surface area contributed by atoms with Gasteiger partial charge in [-0.3, -0.25) is 14.6 Å². The number of ketones is 2. The van der Waals surface area contributed by atoms with E-state index in [2.05, 4.69) is 40.9 Å². The number of guanidine groups is 1. The van der Waals surface area contributed by atoms with Gasteiger partial charge in [0.1, 0.15) is 0 Å². The first-order valence-electron chi connectivity index (χ1n) is 17.4. The lowest BCUT2D eigenvalue weighted by Crippen LogP contribution is -2.52. The first-order valence-corrected chi connectivity index (χ1v) is 17.4. The minimum absolute atomic E-state index is 0.0495. The quantitative estimate of drug-likeness (QED) is 0.0467. The van der Waals surface area contributed by atoms with Crippen LogP contribution in [0.15, 0.2) is 64.5 Å². The van der Waals surface area contributed by atoms with E-state index in [-0.39, 0.29) is 47.3 Å². The Balaban J connectivity index is 1.49. The molecule has 1 aromatic rings. The number of nitrogens with two attached hydrogens (primary N) is 2. The number of benzene rings is 1. The summed E-state index contributed by atoms with van der Waals surface area (Å²) in [6, 6.07) is 6.39. The zero-order valence-electron chi connectivity index (χ0n) is 28.8. The molecule has 5 rings (SSSR count). The number of nitrogens with zero attached hydrogens (tertiary/aromatic N) is 1. The number of epoxide rings is 1. The molecule has 4 aliphatic rings. The Morgan fingerprint density at radius 1 is 1.17 bits per heavy atom. The number of nitrogens with one attached hydrogen (secondary N) is 3. The van der Waals surface area contributed by atoms with E-state index in [1.807, 2.05) is 19.1 Å². The summed E-state index contributed by atoms with van der Waals surface area (Å²) in [5, 5.41) is 9.93. The smallest absolute Gasteiger partial charge is 0.350 e. The summed E-state index contributed by atoms with van der Waals surface area (Å²) in [5.41, 5.74) is 10.9. The van der Waals surface area contributed by atoms with Gasteiger partial charge in [-0.05, 0) is 44.4 Å². The molecule has 1 saturated carbocycles. The van der Waals surface area contributed by atoms with Crippen LogP contribution in [0.3, 0.4) is 0 Å². The number of dihydropyridines is 1. The summed E-state index contributed by atoms with van der Waals surface area (Å²) >= 11 is 0. The van der Waals surface area contributed by atoms with Crippen LogP contribution in [0.25, 0.3) is 0 Å². The Hall–Kier alpha value is -3.96. The highest BCUT2D eigenvalue weighted by Gasteiger charge is 2.85. The number of hydrogen-bond donors (Lipinski definition) is 5. The molecule has 48 heavy (non-hydrogen) atoms. The van der Waals surface area contributed by atoms with Gasteiger partial charge >= 0.3 is 5.97 Å². The largest absolute Gasteiger partial charge is 0.463 e. The molecule has 2 heterocycles. The third-order valence-corrected chi connectivity index (χ3v) is 10.7. The maximum Gasteiger partial charge on any atom is 0.350 e. The number of esters is 1. The molecule has 0 bridgehead atoms. The molecule has 0 radical (unpaired) electrons. The second-order valence-corrected chi connectivity index (χ2v) is 13.6. The van der Waals surface area contributed by atoms with Crippen molar-refractivity contribution in [3.05, 3.63) is 70.6 Å². The zero-order valence-corrected chi connectivity index (χ0v) is 28.8. The predicted molar refractivity (Wildman–Crippen MR) is 186 cm³/mol. The van der Waals surface area contributed by atoms with Crippen LogP contribution in [0.1, 0.15) is 92.9 Å². The molecule has 1 saturated heterocycles. The van der Waals surface area contributed by atoms with Crippen molar-refractivity contribution in [2.24, 2.45) is 27.8 Å².